The van der Waals surface area contributed by atoms with Gasteiger partial charge >= 0.3 is 0 Å². The van der Waals surface area contributed by atoms with Crippen molar-refractivity contribution in [3.63, 3.8) is 0 Å². The van der Waals surface area contributed by atoms with Crippen LogP contribution in [-0.2, 0) is 10.0 Å². The smallest absolute Gasteiger partial charge is 0.233 e. The second-order valence-electron chi connectivity index (χ2n) is 2.39. The molecule has 68 valence electrons. The molecule has 0 bridgehead atoms. The van der Waals surface area contributed by atoms with Crippen LogP contribution < -0.4 is 4.72 Å². The van der Waals surface area contributed by atoms with Gasteiger partial charge in [0.1, 0.15) is 5.82 Å². The summed E-state index contributed by atoms with van der Waals surface area (Å²) in [5, 5.41) is 6.13. The van der Waals surface area contributed by atoms with Crippen LogP contribution in [0.2, 0.25) is 0 Å². The summed E-state index contributed by atoms with van der Waals surface area (Å²) in [6.45, 7) is 1.81. The van der Waals surface area contributed by atoms with Crippen LogP contribution in [0, 0.1) is 0 Å². The van der Waals surface area contributed by atoms with Crippen molar-refractivity contribution in [1.82, 2.24) is 10.2 Å². The van der Waals surface area contributed by atoms with E-state index in [0.29, 0.717) is 12.2 Å². The number of nitrogens with one attached hydrogen (secondary N) is 2. The molecule has 1 heterocycles. The lowest BCUT2D eigenvalue weighted by atomic mass is 10.6. The maximum absolute atomic E-state index is 11.1. The second-order valence-corrected chi connectivity index (χ2v) is 4.23. The zero-order valence-electron chi connectivity index (χ0n) is 6.74. The van der Waals surface area contributed by atoms with Gasteiger partial charge in [-0.2, -0.15) is 5.10 Å². The molecule has 5 nitrogen and oxygen atoms in total. The first kappa shape index (κ1) is 9.05. The molecule has 0 amide bonds. The van der Waals surface area contributed by atoms with Gasteiger partial charge < -0.3 is 0 Å². The van der Waals surface area contributed by atoms with Gasteiger partial charge in [-0.05, 0) is 6.42 Å². The number of aromatic nitrogens is 2. The summed E-state index contributed by atoms with van der Waals surface area (Å²) in [6.07, 6.45) is 2.09. The summed E-state index contributed by atoms with van der Waals surface area (Å²) in [5.41, 5.74) is 0. The third-order valence-corrected chi connectivity index (χ3v) is 2.72. The predicted molar refractivity (Wildman–Crippen MR) is 46.3 cm³/mol. The lowest BCUT2D eigenvalue weighted by Crippen LogP contribution is -2.16. The highest BCUT2D eigenvalue weighted by Gasteiger charge is 2.08. The Morgan fingerprint density at radius 3 is 2.92 bits per heavy atom. The van der Waals surface area contributed by atoms with E-state index in [4.69, 9.17) is 0 Å². The van der Waals surface area contributed by atoms with Gasteiger partial charge in [0, 0.05) is 6.07 Å². The van der Waals surface area contributed by atoms with Crippen molar-refractivity contribution in [3.05, 3.63) is 12.3 Å². The van der Waals surface area contributed by atoms with Crippen molar-refractivity contribution in [2.24, 2.45) is 0 Å². The van der Waals surface area contributed by atoms with Gasteiger partial charge in [0.25, 0.3) is 0 Å². The molecule has 0 aliphatic rings. The summed E-state index contributed by atoms with van der Waals surface area (Å²) < 4.78 is 24.6. The third-order valence-electron chi connectivity index (χ3n) is 1.24. The van der Waals surface area contributed by atoms with Crippen molar-refractivity contribution >= 4 is 15.8 Å². The molecule has 0 fully saturated rings. The molecular weight excluding hydrogens is 178 g/mol. The number of hydrogen-bond donors (Lipinski definition) is 2. The first-order chi connectivity index (χ1) is 5.64. The Balaban J connectivity index is 2.63. The summed E-state index contributed by atoms with van der Waals surface area (Å²) in [7, 11) is -3.18. The van der Waals surface area contributed by atoms with Gasteiger partial charge in [-0.1, -0.05) is 6.92 Å². The summed E-state index contributed by atoms with van der Waals surface area (Å²) in [4.78, 5) is 0. The van der Waals surface area contributed by atoms with Crippen LogP contribution in [0.3, 0.4) is 0 Å². The zero-order valence-corrected chi connectivity index (χ0v) is 7.56. The summed E-state index contributed by atoms with van der Waals surface area (Å²) in [6, 6.07) is 1.56. The van der Waals surface area contributed by atoms with Gasteiger partial charge in [-0.15, -0.1) is 0 Å². The Labute approximate surface area is 71.2 Å². The van der Waals surface area contributed by atoms with Gasteiger partial charge in [-0.3, -0.25) is 9.82 Å². The van der Waals surface area contributed by atoms with Gasteiger partial charge in [-0.25, -0.2) is 8.42 Å². The molecule has 6 heteroatoms. The zero-order chi connectivity index (χ0) is 9.03. The molecule has 1 aromatic rings. The molecule has 0 atom stereocenters. The van der Waals surface area contributed by atoms with Crippen molar-refractivity contribution < 1.29 is 8.42 Å². The van der Waals surface area contributed by atoms with E-state index in [1.165, 1.54) is 6.20 Å². The van der Waals surface area contributed by atoms with Crippen LogP contribution in [0.5, 0.6) is 0 Å². The Morgan fingerprint density at radius 2 is 2.42 bits per heavy atom. The fraction of sp³-hybridized carbons (Fsp3) is 0.500. The van der Waals surface area contributed by atoms with Gasteiger partial charge in [0.05, 0.1) is 11.9 Å². The SMILES string of the molecule is CCCS(=O)(=O)Nc1ccn[nH]1. The highest BCUT2D eigenvalue weighted by molar-refractivity contribution is 7.92. The molecule has 0 aliphatic carbocycles. The van der Waals surface area contributed by atoms with Crippen molar-refractivity contribution in [1.29, 1.82) is 0 Å². The molecule has 0 spiro atoms. The molecule has 1 rings (SSSR count). The molecule has 0 aliphatic heterocycles. The maximum Gasteiger partial charge on any atom is 0.233 e. The Bertz CT molecular complexity index is 317. The Hall–Kier alpha value is -1.04. The van der Waals surface area contributed by atoms with E-state index in [2.05, 4.69) is 14.9 Å². The lowest BCUT2D eigenvalue weighted by molar-refractivity contribution is 0.599. The van der Waals surface area contributed by atoms with Crippen LogP contribution in [0.25, 0.3) is 0 Å². The fourth-order valence-electron chi connectivity index (χ4n) is 0.800. The number of anilines is 1. The standard InChI is InChI=1S/C6H11N3O2S/c1-2-5-12(10,11)9-6-3-4-7-8-6/h3-4H,2,5H2,1H3,(H2,7,8,9). The molecule has 0 radical (unpaired) electrons. The van der Waals surface area contributed by atoms with Crippen molar-refractivity contribution in [2.45, 2.75) is 13.3 Å². The van der Waals surface area contributed by atoms with E-state index in [1.807, 2.05) is 6.92 Å². The van der Waals surface area contributed by atoms with E-state index in [-0.39, 0.29) is 5.75 Å². The monoisotopic (exact) mass is 189 g/mol. The van der Waals surface area contributed by atoms with E-state index < -0.39 is 10.0 Å². The Morgan fingerprint density at radius 1 is 1.67 bits per heavy atom. The maximum atomic E-state index is 11.1. The average Bonchev–Trinajstić information content (AvgIpc) is 2.38. The first-order valence-electron chi connectivity index (χ1n) is 3.64. The molecule has 2 N–H and O–H groups in total. The number of hydrogen-bond acceptors (Lipinski definition) is 3. The predicted octanol–water partition coefficient (Wildman–Crippen LogP) is 0.561. The summed E-state index contributed by atoms with van der Waals surface area (Å²) >= 11 is 0. The van der Waals surface area contributed by atoms with Crippen molar-refractivity contribution in [3.8, 4) is 0 Å². The van der Waals surface area contributed by atoms with Crippen molar-refractivity contribution in [2.75, 3.05) is 10.5 Å². The largest absolute Gasteiger partial charge is 0.268 e. The van der Waals surface area contributed by atoms with E-state index >= 15 is 0 Å². The molecule has 0 saturated heterocycles. The minimum atomic E-state index is -3.18. The normalized spacial score (nSPS) is 11.4. The number of nitrogens with zero attached hydrogens (tertiary/aromatic N) is 1. The fourth-order valence-corrected chi connectivity index (χ4v) is 1.89. The minimum absolute atomic E-state index is 0.131. The minimum Gasteiger partial charge on any atom is -0.268 e. The highest BCUT2D eigenvalue weighted by atomic mass is 32.2. The molecular formula is C6H11N3O2S. The molecule has 12 heavy (non-hydrogen) atoms. The van der Waals surface area contributed by atoms with E-state index in [9.17, 15) is 8.42 Å². The third kappa shape index (κ3) is 2.54. The van der Waals surface area contributed by atoms with E-state index in [1.54, 1.807) is 6.07 Å². The van der Waals surface area contributed by atoms with Crippen LogP contribution in [-0.4, -0.2) is 24.4 Å². The molecule has 0 saturated carbocycles. The topological polar surface area (TPSA) is 74.8 Å². The number of H-pyrrole nitrogens is 1. The number of sulfonamides is 1. The second kappa shape index (κ2) is 3.57. The van der Waals surface area contributed by atoms with Crippen LogP contribution in [0.15, 0.2) is 12.3 Å². The van der Waals surface area contributed by atoms with Crippen LogP contribution in [0.1, 0.15) is 13.3 Å². The van der Waals surface area contributed by atoms with Gasteiger partial charge in [0.2, 0.25) is 10.0 Å². The lowest BCUT2D eigenvalue weighted by Gasteiger charge is -2.02. The number of rotatable bonds is 4. The quantitative estimate of drug-likeness (QED) is 0.726. The first-order valence-corrected chi connectivity index (χ1v) is 5.29. The molecule has 1 aromatic heterocycles. The van der Waals surface area contributed by atoms with Crippen LogP contribution >= 0.6 is 0 Å². The van der Waals surface area contributed by atoms with Crippen LogP contribution in [0.4, 0.5) is 5.82 Å². The van der Waals surface area contributed by atoms with Gasteiger partial charge in [0.15, 0.2) is 0 Å². The molecule has 0 aromatic carbocycles. The molecule has 0 unspecified atom stereocenters. The number of aromatic amines is 1. The highest BCUT2D eigenvalue weighted by Crippen LogP contribution is 2.03. The summed E-state index contributed by atoms with van der Waals surface area (Å²) in [5.74, 6) is 0.537. The Kier molecular flexibility index (Phi) is 2.69. The van der Waals surface area contributed by atoms with E-state index in [0.717, 1.165) is 0 Å². The average molecular weight is 189 g/mol.